The zero-order valence-electron chi connectivity index (χ0n) is 15.6. The summed E-state index contributed by atoms with van der Waals surface area (Å²) in [6, 6.07) is 8.01. The number of aryl methyl sites for hydroxylation is 1. The van der Waals surface area contributed by atoms with Crippen LogP contribution in [0, 0.1) is 12.7 Å². The molecule has 1 N–H and O–H groups in total. The van der Waals surface area contributed by atoms with Crippen molar-refractivity contribution in [3.8, 4) is 5.75 Å². The fourth-order valence-electron chi connectivity index (χ4n) is 2.96. The van der Waals surface area contributed by atoms with E-state index in [1.807, 2.05) is 19.9 Å². The van der Waals surface area contributed by atoms with E-state index in [9.17, 15) is 9.18 Å². The molecule has 0 spiro atoms. The average Bonchev–Trinajstić information content (AvgIpc) is 2.67. The van der Waals surface area contributed by atoms with Crippen LogP contribution in [-0.2, 0) is 4.79 Å². The summed E-state index contributed by atoms with van der Waals surface area (Å²) in [4.78, 5) is 25.1. The topological polar surface area (TPSA) is 70.6 Å². The van der Waals surface area contributed by atoms with Crippen molar-refractivity contribution in [1.82, 2.24) is 14.9 Å². The SMILES string of the molecule is CCNc1cc(N2CCN(C(=O)COc3ccccc3F)CC2)nc(C)n1. The number of nitrogens with zero attached hydrogens (tertiary/aromatic N) is 4. The smallest absolute Gasteiger partial charge is 0.260 e. The molecule has 27 heavy (non-hydrogen) atoms. The van der Waals surface area contributed by atoms with Crippen LogP contribution in [0.4, 0.5) is 16.0 Å². The lowest BCUT2D eigenvalue weighted by Crippen LogP contribution is -2.50. The first-order chi connectivity index (χ1) is 13.1. The summed E-state index contributed by atoms with van der Waals surface area (Å²) in [7, 11) is 0. The van der Waals surface area contributed by atoms with Crippen LogP contribution in [0.1, 0.15) is 12.7 Å². The molecule has 7 nitrogen and oxygen atoms in total. The van der Waals surface area contributed by atoms with Crippen LogP contribution in [0.2, 0.25) is 0 Å². The van der Waals surface area contributed by atoms with E-state index in [2.05, 4.69) is 20.2 Å². The van der Waals surface area contributed by atoms with Gasteiger partial charge in [0.1, 0.15) is 17.5 Å². The van der Waals surface area contributed by atoms with Gasteiger partial charge in [-0.05, 0) is 26.0 Å². The van der Waals surface area contributed by atoms with E-state index in [0.717, 1.165) is 18.2 Å². The maximum Gasteiger partial charge on any atom is 0.260 e. The number of halogens is 1. The third-order valence-corrected chi connectivity index (χ3v) is 4.33. The lowest BCUT2D eigenvalue weighted by molar-refractivity contribution is -0.133. The second kappa shape index (κ2) is 8.66. The predicted molar refractivity (Wildman–Crippen MR) is 102 cm³/mol. The molecule has 1 saturated heterocycles. The van der Waals surface area contributed by atoms with Crippen molar-refractivity contribution in [3.05, 3.63) is 42.0 Å². The molecular formula is C19H24FN5O2. The Bertz CT molecular complexity index is 793. The number of amides is 1. The first kappa shape index (κ1) is 18.9. The molecule has 1 aliphatic heterocycles. The van der Waals surface area contributed by atoms with E-state index in [-0.39, 0.29) is 18.3 Å². The van der Waals surface area contributed by atoms with Crippen molar-refractivity contribution in [1.29, 1.82) is 0 Å². The van der Waals surface area contributed by atoms with Crippen molar-refractivity contribution in [2.24, 2.45) is 0 Å². The Kier molecular flexibility index (Phi) is 6.05. The van der Waals surface area contributed by atoms with Gasteiger partial charge in [0.15, 0.2) is 18.2 Å². The molecule has 1 aromatic heterocycles. The summed E-state index contributed by atoms with van der Waals surface area (Å²) in [5, 5.41) is 3.20. The van der Waals surface area contributed by atoms with E-state index in [4.69, 9.17) is 4.74 Å². The maximum atomic E-state index is 13.6. The molecule has 3 rings (SSSR count). The molecule has 0 saturated carbocycles. The van der Waals surface area contributed by atoms with Gasteiger partial charge in [-0.2, -0.15) is 0 Å². The minimum atomic E-state index is -0.467. The van der Waals surface area contributed by atoms with E-state index in [1.54, 1.807) is 17.0 Å². The van der Waals surface area contributed by atoms with Crippen LogP contribution in [-0.4, -0.2) is 60.1 Å². The molecule has 1 aromatic carbocycles. The first-order valence-corrected chi connectivity index (χ1v) is 9.06. The molecule has 0 radical (unpaired) electrons. The van der Waals surface area contributed by atoms with Gasteiger partial charge in [0.25, 0.3) is 5.91 Å². The quantitative estimate of drug-likeness (QED) is 0.836. The summed E-state index contributed by atoms with van der Waals surface area (Å²) < 4.78 is 18.9. The molecule has 1 aliphatic rings. The Balaban J connectivity index is 1.54. The lowest BCUT2D eigenvalue weighted by Gasteiger charge is -2.35. The van der Waals surface area contributed by atoms with Gasteiger partial charge < -0.3 is 19.9 Å². The molecule has 1 amide bonds. The fraction of sp³-hybridized carbons (Fsp3) is 0.421. The molecule has 0 aliphatic carbocycles. The summed E-state index contributed by atoms with van der Waals surface area (Å²) in [5.74, 6) is 1.85. The first-order valence-electron chi connectivity index (χ1n) is 9.06. The molecule has 0 atom stereocenters. The Morgan fingerprint density at radius 3 is 2.67 bits per heavy atom. The van der Waals surface area contributed by atoms with Gasteiger partial charge >= 0.3 is 0 Å². The van der Waals surface area contributed by atoms with Gasteiger partial charge in [-0.1, -0.05) is 12.1 Å². The number of ether oxygens (including phenoxy) is 1. The van der Waals surface area contributed by atoms with Crippen molar-refractivity contribution < 1.29 is 13.9 Å². The maximum absolute atomic E-state index is 13.6. The van der Waals surface area contributed by atoms with Gasteiger partial charge in [0.2, 0.25) is 0 Å². The van der Waals surface area contributed by atoms with Crippen LogP contribution >= 0.6 is 0 Å². The second-order valence-corrected chi connectivity index (χ2v) is 6.28. The summed E-state index contributed by atoms with van der Waals surface area (Å²) in [6.07, 6.45) is 0. The molecule has 0 bridgehead atoms. The van der Waals surface area contributed by atoms with Crippen LogP contribution in [0.15, 0.2) is 30.3 Å². The normalized spacial score (nSPS) is 14.2. The van der Waals surface area contributed by atoms with Gasteiger partial charge in [0.05, 0.1) is 0 Å². The highest BCUT2D eigenvalue weighted by atomic mass is 19.1. The lowest BCUT2D eigenvalue weighted by atomic mass is 10.3. The van der Waals surface area contributed by atoms with E-state index in [1.165, 1.54) is 12.1 Å². The average molecular weight is 373 g/mol. The van der Waals surface area contributed by atoms with E-state index >= 15 is 0 Å². The van der Waals surface area contributed by atoms with Crippen LogP contribution < -0.4 is 15.0 Å². The third-order valence-electron chi connectivity index (χ3n) is 4.33. The van der Waals surface area contributed by atoms with Crippen LogP contribution in [0.3, 0.4) is 0 Å². The minimum absolute atomic E-state index is 0.0944. The summed E-state index contributed by atoms with van der Waals surface area (Å²) >= 11 is 0. The number of carbonyl (C=O) groups excluding carboxylic acids is 1. The number of hydrogen-bond donors (Lipinski definition) is 1. The number of rotatable bonds is 6. The Morgan fingerprint density at radius 2 is 1.96 bits per heavy atom. The fourth-order valence-corrected chi connectivity index (χ4v) is 2.96. The number of anilines is 2. The highest BCUT2D eigenvalue weighted by Crippen LogP contribution is 2.18. The molecule has 144 valence electrons. The van der Waals surface area contributed by atoms with Gasteiger partial charge in [-0.25, -0.2) is 14.4 Å². The minimum Gasteiger partial charge on any atom is -0.481 e. The van der Waals surface area contributed by atoms with Gasteiger partial charge in [-0.3, -0.25) is 4.79 Å². The van der Waals surface area contributed by atoms with Crippen LogP contribution in [0.25, 0.3) is 0 Å². The number of benzene rings is 1. The van der Waals surface area contributed by atoms with Crippen LogP contribution in [0.5, 0.6) is 5.75 Å². The summed E-state index contributed by atoms with van der Waals surface area (Å²) in [5.41, 5.74) is 0. The molecule has 0 unspecified atom stereocenters. The molecule has 2 aromatic rings. The number of aromatic nitrogens is 2. The number of para-hydroxylation sites is 1. The zero-order valence-corrected chi connectivity index (χ0v) is 15.6. The number of piperazine rings is 1. The van der Waals surface area contributed by atoms with Crippen molar-refractivity contribution in [2.75, 3.05) is 49.5 Å². The molecular weight excluding hydrogens is 349 g/mol. The van der Waals surface area contributed by atoms with E-state index in [0.29, 0.717) is 32.0 Å². The van der Waals surface area contributed by atoms with Crippen molar-refractivity contribution in [2.45, 2.75) is 13.8 Å². The van der Waals surface area contributed by atoms with Crippen molar-refractivity contribution >= 4 is 17.5 Å². The Morgan fingerprint density at radius 1 is 1.22 bits per heavy atom. The highest BCUT2D eigenvalue weighted by molar-refractivity contribution is 5.78. The second-order valence-electron chi connectivity index (χ2n) is 6.28. The zero-order chi connectivity index (χ0) is 19.2. The molecule has 1 fully saturated rings. The van der Waals surface area contributed by atoms with Gasteiger partial charge in [0, 0.05) is 38.8 Å². The molecule has 2 heterocycles. The number of hydrogen-bond acceptors (Lipinski definition) is 6. The van der Waals surface area contributed by atoms with Crippen molar-refractivity contribution in [3.63, 3.8) is 0 Å². The number of nitrogens with one attached hydrogen (secondary N) is 1. The monoisotopic (exact) mass is 373 g/mol. The third kappa shape index (κ3) is 4.84. The van der Waals surface area contributed by atoms with E-state index < -0.39 is 5.82 Å². The Labute approximate surface area is 158 Å². The predicted octanol–water partition coefficient (Wildman–Crippen LogP) is 2.08. The largest absolute Gasteiger partial charge is 0.481 e. The summed E-state index contributed by atoms with van der Waals surface area (Å²) in [6.45, 7) is 6.99. The number of carbonyl (C=O) groups is 1. The molecule has 8 heteroatoms. The standard InChI is InChI=1S/C19H24FN5O2/c1-3-21-17-12-18(23-14(2)22-17)24-8-10-25(11-9-24)19(26)13-27-16-7-5-4-6-15(16)20/h4-7,12H,3,8-11,13H2,1-2H3,(H,21,22,23). The highest BCUT2D eigenvalue weighted by Gasteiger charge is 2.23. The Hall–Kier alpha value is -2.90. The van der Waals surface area contributed by atoms with Gasteiger partial charge in [-0.15, -0.1) is 0 Å².